The normalized spacial score (nSPS) is 16.7. The SMILES string of the molecule is COc1ccc(N2CCN(C[C@@H](O)c3cc(C)ccc3C)CC2)cc1. The highest BCUT2D eigenvalue weighted by Crippen LogP contribution is 2.23. The minimum Gasteiger partial charge on any atom is -0.497 e. The Kier molecular flexibility index (Phi) is 5.61. The maximum atomic E-state index is 10.6. The molecule has 4 heteroatoms. The van der Waals surface area contributed by atoms with Crippen molar-refractivity contribution >= 4 is 5.69 Å². The quantitative estimate of drug-likeness (QED) is 0.907. The predicted octanol–water partition coefficient (Wildman–Crippen LogP) is 3.17. The van der Waals surface area contributed by atoms with Gasteiger partial charge in [0.25, 0.3) is 0 Å². The number of piperazine rings is 1. The molecule has 1 aliphatic rings. The van der Waals surface area contributed by atoms with Crippen molar-refractivity contribution in [1.82, 2.24) is 4.90 Å². The Morgan fingerprint density at radius 3 is 2.32 bits per heavy atom. The summed E-state index contributed by atoms with van der Waals surface area (Å²) in [5, 5.41) is 10.6. The molecule has 3 rings (SSSR count). The van der Waals surface area contributed by atoms with Crippen LogP contribution in [-0.4, -0.2) is 49.8 Å². The zero-order chi connectivity index (χ0) is 17.8. The standard InChI is InChI=1S/C21H28N2O2/c1-16-4-5-17(2)20(14-16)21(24)15-22-10-12-23(13-11-22)18-6-8-19(25-3)9-7-18/h4-9,14,21,24H,10-13,15H2,1-3H3/t21-/m1/s1. The van der Waals surface area contributed by atoms with Gasteiger partial charge in [0.15, 0.2) is 0 Å². The largest absolute Gasteiger partial charge is 0.497 e. The van der Waals surface area contributed by atoms with Crippen molar-refractivity contribution in [2.45, 2.75) is 20.0 Å². The molecule has 0 saturated carbocycles. The number of aliphatic hydroxyl groups is 1. The molecular formula is C21H28N2O2. The molecule has 1 saturated heterocycles. The molecular weight excluding hydrogens is 312 g/mol. The van der Waals surface area contributed by atoms with Crippen molar-refractivity contribution in [1.29, 1.82) is 0 Å². The van der Waals surface area contributed by atoms with Gasteiger partial charge in [-0.15, -0.1) is 0 Å². The third-order valence-electron chi connectivity index (χ3n) is 5.03. The Hall–Kier alpha value is -2.04. The Bertz CT molecular complexity index is 692. The summed E-state index contributed by atoms with van der Waals surface area (Å²) in [6.45, 7) is 8.73. The molecule has 0 aromatic heterocycles. The summed E-state index contributed by atoms with van der Waals surface area (Å²) < 4.78 is 5.22. The number of aryl methyl sites for hydroxylation is 2. The van der Waals surface area contributed by atoms with Crippen LogP contribution in [0.5, 0.6) is 5.75 Å². The number of benzene rings is 2. The van der Waals surface area contributed by atoms with Crippen LogP contribution in [0.2, 0.25) is 0 Å². The van der Waals surface area contributed by atoms with Crippen LogP contribution in [0.4, 0.5) is 5.69 Å². The van der Waals surface area contributed by atoms with E-state index in [0.29, 0.717) is 6.54 Å². The van der Waals surface area contributed by atoms with Gasteiger partial charge in [-0.3, -0.25) is 4.90 Å². The lowest BCUT2D eigenvalue weighted by Crippen LogP contribution is -2.47. The predicted molar refractivity (Wildman–Crippen MR) is 103 cm³/mol. The van der Waals surface area contributed by atoms with Crippen molar-refractivity contribution in [3.05, 3.63) is 59.2 Å². The number of rotatable bonds is 5. The fraction of sp³-hybridized carbons (Fsp3) is 0.429. The van der Waals surface area contributed by atoms with E-state index in [1.54, 1.807) is 7.11 Å². The van der Waals surface area contributed by atoms with Gasteiger partial charge in [0.1, 0.15) is 5.75 Å². The zero-order valence-corrected chi connectivity index (χ0v) is 15.4. The van der Waals surface area contributed by atoms with Crippen LogP contribution in [0, 0.1) is 13.8 Å². The monoisotopic (exact) mass is 340 g/mol. The lowest BCUT2D eigenvalue weighted by Gasteiger charge is -2.37. The fourth-order valence-corrected chi connectivity index (χ4v) is 3.44. The number of hydrogen-bond acceptors (Lipinski definition) is 4. The number of hydrogen-bond donors (Lipinski definition) is 1. The number of aliphatic hydroxyl groups excluding tert-OH is 1. The molecule has 0 amide bonds. The Labute approximate surface area is 150 Å². The number of nitrogens with zero attached hydrogens (tertiary/aromatic N) is 2. The van der Waals surface area contributed by atoms with Crippen molar-refractivity contribution < 1.29 is 9.84 Å². The second-order valence-corrected chi connectivity index (χ2v) is 6.86. The molecule has 0 spiro atoms. The topological polar surface area (TPSA) is 35.9 Å². The minimum absolute atomic E-state index is 0.424. The number of β-amino-alcohol motifs (C(OH)–C–C–N with tert-alkyl or cyclic N) is 1. The van der Waals surface area contributed by atoms with Crippen LogP contribution >= 0.6 is 0 Å². The zero-order valence-electron chi connectivity index (χ0n) is 15.4. The van der Waals surface area contributed by atoms with Crippen molar-refractivity contribution in [2.24, 2.45) is 0 Å². The van der Waals surface area contributed by atoms with Crippen LogP contribution < -0.4 is 9.64 Å². The van der Waals surface area contributed by atoms with E-state index in [4.69, 9.17) is 4.74 Å². The Morgan fingerprint density at radius 1 is 1.00 bits per heavy atom. The van der Waals surface area contributed by atoms with Crippen LogP contribution in [0.15, 0.2) is 42.5 Å². The van der Waals surface area contributed by atoms with E-state index >= 15 is 0 Å². The molecule has 134 valence electrons. The van der Waals surface area contributed by atoms with E-state index < -0.39 is 6.10 Å². The molecule has 0 aliphatic carbocycles. The molecule has 1 fully saturated rings. The van der Waals surface area contributed by atoms with Gasteiger partial charge in [-0.25, -0.2) is 0 Å². The van der Waals surface area contributed by atoms with Crippen molar-refractivity contribution in [3.63, 3.8) is 0 Å². The summed E-state index contributed by atoms with van der Waals surface area (Å²) in [4.78, 5) is 4.74. The molecule has 4 nitrogen and oxygen atoms in total. The third-order valence-corrected chi connectivity index (χ3v) is 5.03. The molecule has 0 bridgehead atoms. The summed E-state index contributed by atoms with van der Waals surface area (Å²) >= 11 is 0. The first-order valence-electron chi connectivity index (χ1n) is 8.93. The van der Waals surface area contributed by atoms with E-state index in [-0.39, 0.29) is 0 Å². The van der Waals surface area contributed by atoms with E-state index in [2.05, 4.69) is 54.0 Å². The first kappa shape index (κ1) is 17.8. The molecule has 1 atom stereocenters. The summed E-state index contributed by atoms with van der Waals surface area (Å²) in [5.74, 6) is 0.888. The highest BCUT2D eigenvalue weighted by atomic mass is 16.5. The van der Waals surface area contributed by atoms with Gasteiger partial charge in [-0.1, -0.05) is 23.8 Å². The molecule has 2 aromatic carbocycles. The Balaban J connectivity index is 1.56. The minimum atomic E-state index is -0.424. The smallest absolute Gasteiger partial charge is 0.119 e. The van der Waals surface area contributed by atoms with Crippen LogP contribution in [0.1, 0.15) is 22.8 Å². The molecule has 25 heavy (non-hydrogen) atoms. The van der Waals surface area contributed by atoms with E-state index in [0.717, 1.165) is 43.1 Å². The third kappa shape index (κ3) is 4.33. The van der Waals surface area contributed by atoms with E-state index in [1.807, 2.05) is 12.1 Å². The molecule has 0 unspecified atom stereocenters. The number of anilines is 1. The van der Waals surface area contributed by atoms with Gasteiger partial charge in [-0.2, -0.15) is 0 Å². The van der Waals surface area contributed by atoms with Crippen LogP contribution in [0.25, 0.3) is 0 Å². The molecule has 1 heterocycles. The van der Waals surface area contributed by atoms with Gasteiger partial charge in [-0.05, 0) is 49.2 Å². The lowest BCUT2D eigenvalue weighted by molar-refractivity contribution is 0.109. The molecule has 0 radical (unpaired) electrons. The number of ether oxygens (including phenoxy) is 1. The first-order chi connectivity index (χ1) is 12.1. The van der Waals surface area contributed by atoms with Crippen LogP contribution in [0.3, 0.4) is 0 Å². The summed E-state index contributed by atoms with van der Waals surface area (Å²) in [6, 6.07) is 14.5. The van der Waals surface area contributed by atoms with Crippen LogP contribution in [-0.2, 0) is 0 Å². The van der Waals surface area contributed by atoms with E-state index in [1.165, 1.54) is 11.3 Å². The average molecular weight is 340 g/mol. The molecule has 1 N–H and O–H groups in total. The number of methoxy groups -OCH3 is 1. The van der Waals surface area contributed by atoms with Gasteiger partial charge >= 0.3 is 0 Å². The van der Waals surface area contributed by atoms with Gasteiger partial charge in [0.05, 0.1) is 13.2 Å². The highest BCUT2D eigenvalue weighted by Gasteiger charge is 2.21. The van der Waals surface area contributed by atoms with Gasteiger partial charge in [0, 0.05) is 38.4 Å². The van der Waals surface area contributed by atoms with Crippen molar-refractivity contribution in [3.8, 4) is 5.75 Å². The summed E-state index contributed by atoms with van der Waals surface area (Å²) in [7, 11) is 1.69. The average Bonchev–Trinajstić information content (AvgIpc) is 2.64. The molecule has 2 aromatic rings. The second kappa shape index (κ2) is 7.89. The Morgan fingerprint density at radius 2 is 1.68 bits per heavy atom. The fourth-order valence-electron chi connectivity index (χ4n) is 3.44. The second-order valence-electron chi connectivity index (χ2n) is 6.86. The summed E-state index contributed by atoms with van der Waals surface area (Å²) in [6.07, 6.45) is -0.424. The van der Waals surface area contributed by atoms with Gasteiger partial charge in [0.2, 0.25) is 0 Å². The molecule has 1 aliphatic heterocycles. The first-order valence-corrected chi connectivity index (χ1v) is 8.93. The van der Waals surface area contributed by atoms with Crippen molar-refractivity contribution in [2.75, 3.05) is 44.7 Å². The maximum absolute atomic E-state index is 10.6. The van der Waals surface area contributed by atoms with E-state index in [9.17, 15) is 5.11 Å². The van der Waals surface area contributed by atoms with Gasteiger partial charge < -0.3 is 14.7 Å². The lowest BCUT2D eigenvalue weighted by atomic mass is 10.0. The summed E-state index contributed by atoms with van der Waals surface area (Å²) in [5.41, 5.74) is 4.65. The maximum Gasteiger partial charge on any atom is 0.119 e. The highest BCUT2D eigenvalue weighted by molar-refractivity contribution is 5.49.